The summed E-state index contributed by atoms with van der Waals surface area (Å²) in [5, 5.41) is 3.83. The lowest BCUT2D eigenvalue weighted by molar-refractivity contribution is 0.145. The first-order valence-electron chi connectivity index (χ1n) is 3.30. The number of hydrogen-bond donors (Lipinski definition) is 1. The molecule has 0 spiro atoms. The van der Waals surface area contributed by atoms with Gasteiger partial charge in [0.2, 0.25) is 5.95 Å². The maximum absolute atomic E-state index is 12.7. The Morgan fingerprint density at radius 1 is 1.36 bits per heavy atom. The summed E-state index contributed by atoms with van der Waals surface area (Å²) in [6.45, 7) is 0. The number of halogens is 3. The number of nitrogens with two attached hydrogens (primary N) is 1. The third-order valence-corrected chi connectivity index (χ3v) is 2.19. The van der Waals surface area contributed by atoms with Crippen molar-refractivity contribution < 1.29 is 21.6 Å². The van der Waals surface area contributed by atoms with Crippen LogP contribution in [0, 0.1) is 5.95 Å². The molecule has 14 heavy (non-hydrogen) atoms. The van der Waals surface area contributed by atoms with Crippen LogP contribution in [-0.2, 0) is 10.0 Å². The van der Waals surface area contributed by atoms with Gasteiger partial charge in [0.15, 0.2) is 5.03 Å². The van der Waals surface area contributed by atoms with Crippen LogP contribution in [0.5, 0.6) is 0 Å². The molecule has 78 valence electrons. The molecule has 0 aliphatic carbocycles. The SMILES string of the molecule is NS(=O)(=O)c1ccc(C(F)F)c(F)n1. The van der Waals surface area contributed by atoms with Crippen molar-refractivity contribution in [2.45, 2.75) is 11.5 Å². The van der Waals surface area contributed by atoms with Crippen LogP contribution in [0.2, 0.25) is 0 Å². The highest BCUT2D eigenvalue weighted by atomic mass is 32.2. The molecule has 0 saturated carbocycles. The Hall–Kier alpha value is -1.15. The molecule has 0 radical (unpaired) electrons. The lowest BCUT2D eigenvalue weighted by Crippen LogP contribution is -2.15. The van der Waals surface area contributed by atoms with Crippen LogP contribution in [0.15, 0.2) is 17.2 Å². The molecule has 4 nitrogen and oxygen atoms in total. The minimum Gasteiger partial charge on any atom is -0.223 e. The normalized spacial score (nSPS) is 12.1. The topological polar surface area (TPSA) is 73.1 Å². The number of hydrogen-bond acceptors (Lipinski definition) is 3. The lowest BCUT2D eigenvalue weighted by Gasteiger charge is -2.02. The number of rotatable bonds is 2. The van der Waals surface area contributed by atoms with Crippen LogP contribution in [0.3, 0.4) is 0 Å². The molecular formula is C6H5F3N2O2S. The van der Waals surface area contributed by atoms with Crippen LogP contribution in [0.25, 0.3) is 0 Å². The van der Waals surface area contributed by atoms with Crippen molar-refractivity contribution in [3.63, 3.8) is 0 Å². The molecule has 8 heteroatoms. The van der Waals surface area contributed by atoms with Gasteiger partial charge < -0.3 is 0 Å². The second-order valence-electron chi connectivity index (χ2n) is 2.38. The molecule has 0 atom stereocenters. The fourth-order valence-electron chi connectivity index (χ4n) is 0.750. The second-order valence-corrected chi connectivity index (χ2v) is 3.88. The fraction of sp³-hybridized carbons (Fsp3) is 0.167. The Morgan fingerprint density at radius 2 is 1.93 bits per heavy atom. The summed E-state index contributed by atoms with van der Waals surface area (Å²) in [6.07, 6.45) is -3.04. The van der Waals surface area contributed by atoms with Crippen molar-refractivity contribution in [2.24, 2.45) is 5.14 Å². The standard InChI is InChI=1S/C6H5F3N2O2S/c7-5(8)3-1-2-4(11-6(3)9)14(10,12)13/h1-2,5H,(H2,10,12,13). The first kappa shape index (κ1) is 10.9. The van der Waals surface area contributed by atoms with E-state index in [1.807, 2.05) is 0 Å². The molecule has 0 aromatic carbocycles. The Bertz CT molecular complexity index is 446. The summed E-state index contributed by atoms with van der Waals surface area (Å²) >= 11 is 0. The van der Waals surface area contributed by atoms with Crippen LogP contribution in [-0.4, -0.2) is 13.4 Å². The second kappa shape index (κ2) is 3.54. The summed E-state index contributed by atoms with van der Waals surface area (Å²) < 4.78 is 58.0. The van der Waals surface area contributed by atoms with E-state index in [1.54, 1.807) is 0 Å². The molecule has 0 amide bonds. The zero-order valence-electron chi connectivity index (χ0n) is 6.62. The zero-order valence-corrected chi connectivity index (χ0v) is 7.43. The minimum absolute atomic E-state index is 0.632. The van der Waals surface area contributed by atoms with Crippen molar-refractivity contribution in [2.75, 3.05) is 0 Å². The molecule has 0 aliphatic rings. The molecule has 1 aromatic rings. The zero-order chi connectivity index (χ0) is 10.9. The van der Waals surface area contributed by atoms with Crippen LogP contribution >= 0.6 is 0 Å². The molecule has 2 N–H and O–H groups in total. The Morgan fingerprint density at radius 3 is 2.29 bits per heavy atom. The number of pyridine rings is 1. The van der Waals surface area contributed by atoms with Gasteiger partial charge in [0, 0.05) is 0 Å². The van der Waals surface area contributed by atoms with Gasteiger partial charge in [0.25, 0.3) is 16.4 Å². The van der Waals surface area contributed by atoms with E-state index < -0.39 is 33.0 Å². The van der Waals surface area contributed by atoms with Crippen LogP contribution in [0.1, 0.15) is 12.0 Å². The van der Waals surface area contributed by atoms with Crippen LogP contribution < -0.4 is 5.14 Å². The number of aromatic nitrogens is 1. The van der Waals surface area contributed by atoms with E-state index in [0.717, 1.165) is 6.07 Å². The molecule has 0 unspecified atom stereocenters. The number of primary sulfonamides is 1. The van der Waals surface area contributed by atoms with Gasteiger partial charge >= 0.3 is 0 Å². The van der Waals surface area contributed by atoms with Gasteiger partial charge in [-0.05, 0) is 12.1 Å². The van der Waals surface area contributed by atoms with E-state index >= 15 is 0 Å². The highest BCUT2D eigenvalue weighted by molar-refractivity contribution is 7.89. The quantitative estimate of drug-likeness (QED) is 0.758. The van der Waals surface area contributed by atoms with Gasteiger partial charge in [-0.3, -0.25) is 0 Å². The summed E-state index contributed by atoms with van der Waals surface area (Å²) in [5.74, 6) is -1.54. The third kappa shape index (κ3) is 2.20. The van der Waals surface area contributed by atoms with E-state index in [4.69, 9.17) is 0 Å². The molecule has 1 aromatic heterocycles. The van der Waals surface area contributed by atoms with Gasteiger partial charge in [-0.1, -0.05) is 0 Å². The Kier molecular flexibility index (Phi) is 2.76. The maximum atomic E-state index is 12.7. The van der Waals surface area contributed by atoms with Crippen molar-refractivity contribution in [1.29, 1.82) is 0 Å². The molecule has 0 fully saturated rings. The van der Waals surface area contributed by atoms with Gasteiger partial charge in [0.1, 0.15) is 0 Å². The van der Waals surface area contributed by atoms with Crippen LogP contribution in [0.4, 0.5) is 13.2 Å². The van der Waals surface area contributed by atoms with Gasteiger partial charge in [-0.25, -0.2) is 27.3 Å². The number of nitrogens with zero attached hydrogens (tertiary/aromatic N) is 1. The minimum atomic E-state index is -4.16. The molecule has 0 saturated heterocycles. The molecule has 0 aliphatic heterocycles. The lowest BCUT2D eigenvalue weighted by atomic mass is 10.3. The van der Waals surface area contributed by atoms with Gasteiger partial charge in [-0.2, -0.15) is 4.39 Å². The average molecular weight is 226 g/mol. The Labute approximate surface area is 77.6 Å². The van der Waals surface area contributed by atoms with Gasteiger partial charge in [0.05, 0.1) is 5.56 Å². The highest BCUT2D eigenvalue weighted by Crippen LogP contribution is 2.21. The first-order chi connectivity index (χ1) is 6.32. The summed E-state index contributed by atoms with van der Waals surface area (Å²) in [7, 11) is -4.16. The van der Waals surface area contributed by atoms with E-state index in [0.29, 0.717) is 6.07 Å². The van der Waals surface area contributed by atoms with Crippen molar-refractivity contribution >= 4 is 10.0 Å². The molecular weight excluding hydrogens is 221 g/mol. The number of sulfonamides is 1. The van der Waals surface area contributed by atoms with Gasteiger partial charge in [-0.15, -0.1) is 0 Å². The Balaban J connectivity index is 3.27. The van der Waals surface area contributed by atoms with Crippen molar-refractivity contribution in [1.82, 2.24) is 4.98 Å². The maximum Gasteiger partial charge on any atom is 0.268 e. The summed E-state index contributed by atoms with van der Waals surface area (Å²) in [5.41, 5.74) is -0.961. The van der Waals surface area contributed by atoms with Crippen molar-refractivity contribution in [3.8, 4) is 0 Å². The predicted octanol–water partition coefficient (Wildman–Crippen LogP) is 0.806. The molecule has 1 rings (SSSR count). The monoisotopic (exact) mass is 226 g/mol. The third-order valence-electron chi connectivity index (χ3n) is 1.38. The largest absolute Gasteiger partial charge is 0.268 e. The van der Waals surface area contributed by atoms with Crippen molar-refractivity contribution in [3.05, 3.63) is 23.6 Å². The predicted molar refractivity (Wildman–Crippen MR) is 40.5 cm³/mol. The summed E-state index contributed by atoms with van der Waals surface area (Å²) in [4.78, 5) is 2.81. The van der Waals surface area contributed by atoms with E-state index in [-0.39, 0.29) is 0 Å². The first-order valence-corrected chi connectivity index (χ1v) is 4.84. The van der Waals surface area contributed by atoms with E-state index in [9.17, 15) is 21.6 Å². The fourth-order valence-corrected chi connectivity index (χ4v) is 1.21. The smallest absolute Gasteiger partial charge is 0.223 e. The molecule has 1 heterocycles. The van der Waals surface area contributed by atoms with E-state index in [1.165, 1.54) is 0 Å². The average Bonchev–Trinajstić information content (AvgIpc) is 2.01. The van der Waals surface area contributed by atoms with E-state index in [2.05, 4.69) is 10.1 Å². The highest BCUT2D eigenvalue weighted by Gasteiger charge is 2.18. The molecule has 0 bridgehead atoms. The summed E-state index contributed by atoms with van der Waals surface area (Å²) in [6, 6.07) is 1.35. The number of alkyl halides is 2.